The molecule has 0 fully saturated rings. The van der Waals surface area contributed by atoms with E-state index in [2.05, 4.69) is 36.3 Å². The summed E-state index contributed by atoms with van der Waals surface area (Å²) >= 11 is 0. The van der Waals surface area contributed by atoms with Crippen LogP contribution in [0.1, 0.15) is 30.9 Å². The van der Waals surface area contributed by atoms with Crippen molar-refractivity contribution in [3.8, 4) is 0 Å². The molecule has 0 aliphatic heterocycles. The molecule has 2 heteroatoms. The van der Waals surface area contributed by atoms with Gasteiger partial charge in [-0.15, -0.1) is 5.16 Å². The van der Waals surface area contributed by atoms with Crippen LogP contribution >= 0.6 is 0 Å². The van der Waals surface area contributed by atoms with Crippen molar-refractivity contribution in [3.05, 3.63) is 35.4 Å². The first kappa shape index (κ1) is 10.8. The second-order valence-corrected chi connectivity index (χ2v) is 3.40. The SMILES string of the molecule is CCCc1ccc(CCC=NO)cc1. The standard InChI is InChI=1S/C12H17NO/c1-2-4-11-6-8-12(9-7-11)5-3-10-13-14/h6-10,14H,2-5H2,1H3. The number of aryl methyl sites for hydroxylation is 2. The number of rotatable bonds is 5. The largest absolute Gasteiger partial charge is 0.411 e. The minimum atomic E-state index is 0.795. The summed E-state index contributed by atoms with van der Waals surface area (Å²) in [6.07, 6.45) is 5.61. The molecular formula is C12H17NO. The van der Waals surface area contributed by atoms with Crippen LogP contribution in [0, 0.1) is 0 Å². The zero-order valence-corrected chi connectivity index (χ0v) is 8.61. The summed E-state index contributed by atoms with van der Waals surface area (Å²) in [7, 11) is 0. The van der Waals surface area contributed by atoms with Crippen molar-refractivity contribution in [1.82, 2.24) is 0 Å². The lowest BCUT2D eigenvalue weighted by atomic mass is 10.1. The molecule has 1 N–H and O–H groups in total. The average Bonchev–Trinajstić information content (AvgIpc) is 2.21. The lowest BCUT2D eigenvalue weighted by Crippen LogP contribution is -1.88. The van der Waals surface area contributed by atoms with E-state index in [0.717, 1.165) is 19.3 Å². The molecule has 76 valence electrons. The first-order valence-corrected chi connectivity index (χ1v) is 5.10. The highest BCUT2D eigenvalue weighted by Gasteiger charge is 1.93. The van der Waals surface area contributed by atoms with Crippen molar-refractivity contribution in [2.45, 2.75) is 32.6 Å². The van der Waals surface area contributed by atoms with Gasteiger partial charge in [0, 0.05) is 6.21 Å². The molecule has 2 nitrogen and oxygen atoms in total. The van der Waals surface area contributed by atoms with Crippen molar-refractivity contribution < 1.29 is 5.21 Å². The van der Waals surface area contributed by atoms with E-state index < -0.39 is 0 Å². The quantitative estimate of drug-likeness (QED) is 0.433. The number of hydrogen-bond donors (Lipinski definition) is 1. The van der Waals surface area contributed by atoms with Crippen LogP contribution in [0.15, 0.2) is 29.4 Å². The third-order valence-corrected chi connectivity index (χ3v) is 2.21. The van der Waals surface area contributed by atoms with Gasteiger partial charge in [-0.3, -0.25) is 0 Å². The fourth-order valence-electron chi connectivity index (χ4n) is 1.45. The van der Waals surface area contributed by atoms with Gasteiger partial charge in [-0.25, -0.2) is 0 Å². The normalized spacial score (nSPS) is 10.9. The Balaban J connectivity index is 2.46. The minimum Gasteiger partial charge on any atom is -0.411 e. The van der Waals surface area contributed by atoms with E-state index >= 15 is 0 Å². The molecule has 0 bridgehead atoms. The second-order valence-electron chi connectivity index (χ2n) is 3.40. The van der Waals surface area contributed by atoms with Gasteiger partial charge in [0.05, 0.1) is 0 Å². The van der Waals surface area contributed by atoms with Crippen molar-refractivity contribution in [3.63, 3.8) is 0 Å². The van der Waals surface area contributed by atoms with Crippen LogP contribution in [-0.4, -0.2) is 11.4 Å². The maximum atomic E-state index is 8.23. The highest BCUT2D eigenvalue weighted by atomic mass is 16.4. The van der Waals surface area contributed by atoms with Gasteiger partial charge in [-0.05, 0) is 30.4 Å². The number of benzene rings is 1. The Morgan fingerprint density at radius 1 is 1.14 bits per heavy atom. The summed E-state index contributed by atoms with van der Waals surface area (Å²) in [4.78, 5) is 0. The molecule has 0 saturated heterocycles. The fourth-order valence-corrected chi connectivity index (χ4v) is 1.45. The summed E-state index contributed by atoms with van der Waals surface area (Å²) in [6.45, 7) is 2.19. The molecule has 1 aromatic carbocycles. The summed E-state index contributed by atoms with van der Waals surface area (Å²) in [6, 6.07) is 8.65. The number of hydrogen-bond acceptors (Lipinski definition) is 2. The maximum absolute atomic E-state index is 8.23. The Labute approximate surface area is 85.3 Å². The van der Waals surface area contributed by atoms with Crippen LogP contribution in [-0.2, 0) is 12.8 Å². The molecule has 14 heavy (non-hydrogen) atoms. The van der Waals surface area contributed by atoms with Crippen molar-refractivity contribution in [2.75, 3.05) is 0 Å². The third-order valence-electron chi connectivity index (χ3n) is 2.21. The summed E-state index contributed by atoms with van der Waals surface area (Å²) in [5.41, 5.74) is 2.69. The van der Waals surface area contributed by atoms with E-state index in [1.807, 2.05) is 0 Å². The van der Waals surface area contributed by atoms with E-state index in [4.69, 9.17) is 5.21 Å². The summed E-state index contributed by atoms with van der Waals surface area (Å²) in [5.74, 6) is 0. The third kappa shape index (κ3) is 3.60. The van der Waals surface area contributed by atoms with Gasteiger partial charge in [0.15, 0.2) is 0 Å². The Morgan fingerprint density at radius 3 is 2.21 bits per heavy atom. The van der Waals surface area contributed by atoms with Crippen molar-refractivity contribution in [1.29, 1.82) is 0 Å². The summed E-state index contributed by atoms with van der Waals surface area (Å²) in [5, 5.41) is 11.2. The Morgan fingerprint density at radius 2 is 1.71 bits per heavy atom. The van der Waals surface area contributed by atoms with Gasteiger partial charge >= 0.3 is 0 Å². The zero-order valence-electron chi connectivity index (χ0n) is 8.61. The molecule has 0 saturated carbocycles. The smallest absolute Gasteiger partial charge is 0.0439 e. The van der Waals surface area contributed by atoms with Gasteiger partial charge in [-0.2, -0.15) is 0 Å². The van der Waals surface area contributed by atoms with Crippen LogP contribution in [0.5, 0.6) is 0 Å². The first-order chi connectivity index (χ1) is 6.86. The van der Waals surface area contributed by atoms with E-state index in [9.17, 15) is 0 Å². The highest BCUT2D eigenvalue weighted by molar-refractivity contribution is 5.56. The molecule has 1 rings (SSSR count). The zero-order chi connectivity index (χ0) is 10.2. The van der Waals surface area contributed by atoms with Crippen LogP contribution in [0.25, 0.3) is 0 Å². The molecule has 0 aromatic heterocycles. The Kier molecular flexibility index (Phi) is 4.76. The maximum Gasteiger partial charge on any atom is 0.0439 e. The van der Waals surface area contributed by atoms with Gasteiger partial charge in [0.2, 0.25) is 0 Å². The first-order valence-electron chi connectivity index (χ1n) is 5.10. The number of oxime groups is 1. The van der Waals surface area contributed by atoms with E-state index in [1.54, 1.807) is 0 Å². The molecule has 0 unspecified atom stereocenters. The highest BCUT2D eigenvalue weighted by Crippen LogP contribution is 2.07. The Hall–Kier alpha value is -1.31. The lowest BCUT2D eigenvalue weighted by molar-refractivity contribution is 0.320. The topological polar surface area (TPSA) is 32.6 Å². The van der Waals surface area contributed by atoms with Crippen LogP contribution < -0.4 is 0 Å². The van der Waals surface area contributed by atoms with E-state index in [0.29, 0.717) is 0 Å². The fraction of sp³-hybridized carbons (Fsp3) is 0.417. The molecule has 0 aliphatic rings. The van der Waals surface area contributed by atoms with Crippen LogP contribution in [0.2, 0.25) is 0 Å². The molecule has 0 aliphatic carbocycles. The molecular weight excluding hydrogens is 174 g/mol. The minimum absolute atomic E-state index is 0.795. The van der Waals surface area contributed by atoms with E-state index in [1.165, 1.54) is 23.8 Å². The molecule has 0 atom stereocenters. The Bertz CT molecular complexity index is 277. The summed E-state index contributed by atoms with van der Waals surface area (Å²) < 4.78 is 0. The number of nitrogens with zero attached hydrogens (tertiary/aromatic N) is 1. The predicted octanol–water partition coefficient (Wildman–Crippen LogP) is 3.03. The molecule has 0 spiro atoms. The molecule has 0 heterocycles. The van der Waals surface area contributed by atoms with Gasteiger partial charge < -0.3 is 5.21 Å². The molecule has 0 amide bonds. The second kappa shape index (κ2) is 6.19. The van der Waals surface area contributed by atoms with Crippen LogP contribution in [0.3, 0.4) is 0 Å². The molecule has 1 aromatic rings. The average molecular weight is 191 g/mol. The molecule has 0 radical (unpaired) electrons. The van der Waals surface area contributed by atoms with Gasteiger partial charge in [-0.1, -0.05) is 37.6 Å². The van der Waals surface area contributed by atoms with Crippen molar-refractivity contribution >= 4 is 6.21 Å². The van der Waals surface area contributed by atoms with Crippen molar-refractivity contribution in [2.24, 2.45) is 5.16 Å². The lowest BCUT2D eigenvalue weighted by Gasteiger charge is -2.01. The van der Waals surface area contributed by atoms with Crippen LogP contribution in [0.4, 0.5) is 0 Å². The van der Waals surface area contributed by atoms with Gasteiger partial charge in [0.1, 0.15) is 0 Å². The predicted molar refractivity (Wildman–Crippen MR) is 59.0 cm³/mol. The monoisotopic (exact) mass is 191 g/mol. The van der Waals surface area contributed by atoms with E-state index in [-0.39, 0.29) is 0 Å². The van der Waals surface area contributed by atoms with Gasteiger partial charge in [0.25, 0.3) is 0 Å².